The van der Waals surface area contributed by atoms with Gasteiger partial charge in [-0.2, -0.15) is 23.1 Å². The van der Waals surface area contributed by atoms with Gasteiger partial charge < -0.3 is 14.8 Å². The summed E-state index contributed by atoms with van der Waals surface area (Å²) in [5.74, 6) is 2.87. The van der Waals surface area contributed by atoms with E-state index < -0.39 is 0 Å². The van der Waals surface area contributed by atoms with Crippen LogP contribution in [0.3, 0.4) is 0 Å². The molecule has 0 spiro atoms. The topological polar surface area (TPSA) is 47.6 Å². The van der Waals surface area contributed by atoms with E-state index in [1.807, 2.05) is 0 Å². The van der Waals surface area contributed by atoms with Crippen LogP contribution in [0.25, 0.3) is 0 Å². The summed E-state index contributed by atoms with van der Waals surface area (Å²) in [7, 11) is 1.55. The maximum absolute atomic E-state index is 12.2. The second kappa shape index (κ2) is 10.1. The Morgan fingerprint density at radius 2 is 2.25 bits per heavy atom. The van der Waals surface area contributed by atoms with Crippen LogP contribution < -0.4 is 14.8 Å². The molecular weight excluding hydrogens is 342 g/mol. The fourth-order valence-corrected chi connectivity index (χ4v) is 3.56. The van der Waals surface area contributed by atoms with Crippen LogP contribution in [0.1, 0.15) is 15.9 Å². The SMILES string of the molecule is C=CCOc1ccc(C(=O)NCCSCc2ccsc2)cc1OC. The van der Waals surface area contributed by atoms with Gasteiger partial charge in [-0.25, -0.2) is 0 Å². The average Bonchev–Trinajstić information content (AvgIpc) is 3.12. The van der Waals surface area contributed by atoms with Crippen LogP contribution in [0.15, 0.2) is 47.7 Å². The number of benzene rings is 1. The van der Waals surface area contributed by atoms with E-state index in [-0.39, 0.29) is 5.91 Å². The molecule has 2 rings (SSSR count). The van der Waals surface area contributed by atoms with Gasteiger partial charge in [0.15, 0.2) is 11.5 Å². The molecule has 1 N–H and O–H groups in total. The summed E-state index contributed by atoms with van der Waals surface area (Å²) in [5, 5.41) is 7.15. The fourth-order valence-electron chi connectivity index (χ4n) is 1.98. The van der Waals surface area contributed by atoms with E-state index in [1.54, 1.807) is 54.5 Å². The molecule has 2 aromatic rings. The molecule has 4 nitrogen and oxygen atoms in total. The number of nitrogens with one attached hydrogen (secondary N) is 1. The first-order valence-electron chi connectivity index (χ1n) is 7.53. The predicted molar refractivity (Wildman–Crippen MR) is 102 cm³/mol. The number of hydrogen-bond acceptors (Lipinski definition) is 5. The maximum atomic E-state index is 12.2. The number of carbonyl (C=O) groups is 1. The zero-order valence-corrected chi connectivity index (χ0v) is 15.3. The lowest BCUT2D eigenvalue weighted by Gasteiger charge is -2.11. The van der Waals surface area contributed by atoms with E-state index >= 15 is 0 Å². The molecule has 0 saturated carbocycles. The quantitative estimate of drug-likeness (QED) is 0.512. The van der Waals surface area contributed by atoms with E-state index in [0.29, 0.717) is 30.2 Å². The lowest BCUT2D eigenvalue weighted by atomic mass is 10.2. The van der Waals surface area contributed by atoms with Crippen molar-refractivity contribution < 1.29 is 14.3 Å². The van der Waals surface area contributed by atoms with E-state index in [0.717, 1.165) is 11.5 Å². The summed E-state index contributed by atoms with van der Waals surface area (Å²) in [5.41, 5.74) is 1.89. The first kappa shape index (κ1) is 18.4. The van der Waals surface area contributed by atoms with Gasteiger partial charge in [0, 0.05) is 23.6 Å². The molecule has 1 aromatic heterocycles. The number of amides is 1. The zero-order valence-electron chi connectivity index (χ0n) is 13.6. The van der Waals surface area contributed by atoms with Crippen LogP contribution in [0.2, 0.25) is 0 Å². The second-order valence-corrected chi connectivity index (χ2v) is 6.79. The molecule has 0 fully saturated rings. The number of methoxy groups -OCH3 is 1. The van der Waals surface area contributed by atoms with Gasteiger partial charge in [0.2, 0.25) is 0 Å². The lowest BCUT2D eigenvalue weighted by molar-refractivity contribution is 0.0956. The van der Waals surface area contributed by atoms with Crippen molar-refractivity contribution in [3.05, 3.63) is 58.8 Å². The van der Waals surface area contributed by atoms with Crippen molar-refractivity contribution in [2.45, 2.75) is 5.75 Å². The third-order valence-electron chi connectivity index (χ3n) is 3.16. The number of thioether (sulfide) groups is 1. The van der Waals surface area contributed by atoms with Crippen molar-refractivity contribution in [1.82, 2.24) is 5.32 Å². The van der Waals surface area contributed by atoms with E-state index in [2.05, 4.69) is 28.7 Å². The van der Waals surface area contributed by atoms with Crippen LogP contribution in [0.4, 0.5) is 0 Å². The van der Waals surface area contributed by atoms with Crippen molar-refractivity contribution in [3.63, 3.8) is 0 Å². The Bertz CT molecular complexity index is 656. The van der Waals surface area contributed by atoms with Crippen LogP contribution in [0, 0.1) is 0 Å². The second-order valence-electron chi connectivity index (χ2n) is 4.91. The summed E-state index contributed by atoms with van der Waals surface area (Å²) in [4.78, 5) is 12.2. The van der Waals surface area contributed by atoms with Crippen LogP contribution in [-0.2, 0) is 5.75 Å². The molecule has 0 radical (unpaired) electrons. The Morgan fingerprint density at radius 1 is 1.38 bits per heavy atom. The molecule has 0 atom stereocenters. The van der Waals surface area contributed by atoms with Crippen molar-refractivity contribution in [1.29, 1.82) is 0 Å². The smallest absolute Gasteiger partial charge is 0.251 e. The largest absolute Gasteiger partial charge is 0.493 e. The Kier molecular flexibility index (Phi) is 7.71. The molecule has 1 aromatic carbocycles. The summed E-state index contributed by atoms with van der Waals surface area (Å²) < 4.78 is 10.8. The highest BCUT2D eigenvalue weighted by Crippen LogP contribution is 2.28. The molecule has 0 unspecified atom stereocenters. The van der Waals surface area contributed by atoms with Gasteiger partial charge in [0.1, 0.15) is 6.61 Å². The molecule has 0 bridgehead atoms. The van der Waals surface area contributed by atoms with E-state index in [4.69, 9.17) is 9.47 Å². The predicted octanol–water partition coefficient (Wildman–Crippen LogP) is 3.98. The first-order valence-corrected chi connectivity index (χ1v) is 9.63. The number of thiophene rings is 1. The Labute approximate surface area is 150 Å². The molecule has 1 heterocycles. The Hall–Kier alpha value is -1.92. The van der Waals surface area contributed by atoms with Crippen LogP contribution >= 0.6 is 23.1 Å². The molecule has 0 aliphatic rings. The Balaban J connectivity index is 1.79. The van der Waals surface area contributed by atoms with Gasteiger partial charge in [0.25, 0.3) is 5.91 Å². The van der Waals surface area contributed by atoms with Crippen molar-refractivity contribution in [2.75, 3.05) is 26.0 Å². The molecular formula is C18H21NO3S2. The zero-order chi connectivity index (χ0) is 17.2. The first-order chi connectivity index (χ1) is 11.7. The fraction of sp³-hybridized carbons (Fsp3) is 0.278. The lowest BCUT2D eigenvalue weighted by Crippen LogP contribution is -2.25. The van der Waals surface area contributed by atoms with Crippen LogP contribution in [0.5, 0.6) is 11.5 Å². The van der Waals surface area contributed by atoms with E-state index in [1.165, 1.54) is 5.56 Å². The minimum Gasteiger partial charge on any atom is -0.493 e. The minimum atomic E-state index is -0.111. The highest BCUT2D eigenvalue weighted by atomic mass is 32.2. The van der Waals surface area contributed by atoms with Gasteiger partial charge in [-0.15, -0.1) is 0 Å². The molecule has 6 heteroatoms. The van der Waals surface area contributed by atoms with Gasteiger partial charge in [-0.3, -0.25) is 4.79 Å². The minimum absolute atomic E-state index is 0.111. The standard InChI is InChI=1S/C18H21NO3S2/c1-3-8-22-16-5-4-15(11-17(16)21-2)18(20)19-7-10-24-13-14-6-9-23-12-14/h3-6,9,11-12H,1,7-8,10,13H2,2H3,(H,19,20). The highest BCUT2D eigenvalue weighted by Gasteiger charge is 2.10. The summed E-state index contributed by atoms with van der Waals surface area (Å²) in [6, 6.07) is 7.28. The molecule has 1 amide bonds. The van der Waals surface area contributed by atoms with Gasteiger partial charge in [-0.1, -0.05) is 12.7 Å². The van der Waals surface area contributed by atoms with Crippen molar-refractivity contribution in [2.24, 2.45) is 0 Å². The van der Waals surface area contributed by atoms with Crippen molar-refractivity contribution in [3.8, 4) is 11.5 Å². The summed E-state index contributed by atoms with van der Waals surface area (Å²) in [6.45, 7) is 4.63. The number of ether oxygens (including phenoxy) is 2. The van der Waals surface area contributed by atoms with E-state index in [9.17, 15) is 4.79 Å². The molecule has 24 heavy (non-hydrogen) atoms. The van der Waals surface area contributed by atoms with Gasteiger partial charge >= 0.3 is 0 Å². The third-order valence-corrected chi connectivity index (χ3v) is 4.93. The normalized spacial score (nSPS) is 10.2. The summed E-state index contributed by atoms with van der Waals surface area (Å²) in [6.07, 6.45) is 1.66. The number of rotatable bonds is 10. The van der Waals surface area contributed by atoms with Gasteiger partial charge in [-0.05, 0) is 40.6 Å². The number of hydrogen-bond donors (Lipinski definition) is 1. The number of carbonyl (C=O) groups excluding carboxylic acids is 1. The Morgan fingerprint density at radius 3 is 2.96 bits per heavy atom. The third kappa shape index (κ3) is 5.62. The average molecular weight is 364 g/mol. The van der Waals surface area contributed by atoms with Crippen molar-refractivity contribution >= 4 is 29.0 Å². The highest BCUT2D eigenvalue weighted by molar-refractivity contribution is 7.98. The molecule has 128 valence electrons. The molecule has 0 aliphatic heterocycles. The maximum Gasteiger partial charge on any atom is 0.251 e. The molecule has 0 aliphatic carbocycles. The summed E-state index contributed by atoms with van der Waals surface area (Å²) >= 11 is 3.51. The van der Waals surface area contributed by atoms with Crippen LogP contribution in [-0.4, -0.2) is 31.9 Å². The monoisotopic (exact) mass is 363 g/mol. The van der Waals surface area contributed by atoms with Gasteiger partial charge in [0.05, 0.1) is 7.11 Å². The molecule has 0 saturated heterocycles.